The van der Waals surface area contributed by atoms with Crippen molar-refractivity contribution in [2.45, 2.75) is 13.0 Å². The van der Waals surface area contributed by atoms with Crippen LogP contribution in [-0.4, -0.2) is 42.3 Å². The molecule has 0 radical (unpaired) electrons. The summed E-state index contributed by atoms with van der Waals surface area (Å²) in [4.78, 5) is 37.8. The summed E-state index contributed by atoms with van der Waals surface area (Å²) in [6.07, 6.45) is 4.20. The topological polar surface area (TPSA) is 77.4 Å². The Morgan fingerprint density at radius 3 is 2.40 bits per heavy atom. The van der Waals surface area contributed by atoms with Crippen LogP contribution < -0.4 is 5.32 Å². The molecule has 0 spiro atoms. The Morgan fingerprint density at radius 1 is 1.03 bits per heavy atom. The van der Waals surface area contributed by atoms with Crippen molar-refractivity contribution >= 4 is 34.5 Å². The van der Waals surface area contributed by atoms with Crippen LogP contribution in [-0.2, 0) is 16.1 Å². The Bertz CT molecular complexity index is 1140. The van der Waals surface area contributed by atoms with Crippen LogP contribution in [0.4, 0.5) is 0 Å². The van der Waals surface area contributed by atoms with Crippen molar-refractivity contribution < 1.29 is 19.1 Å². The molecule has 1 aliphatic carbocycles. The number of Topliss-reactive ketones (excluding diaryl/α,β-unsaturated/α-hetero) is 2. The molecule has 0 atom stereocenters. The van der Waals surface area contributed by atoms with E-state index in [4.69, 9.17) is 4.74 Å². The maximum atomic E-state index is 12.7. The van der Waals surface area contributed by atoms with E-state index in [9.17, 15) is 14.4 Å². The first-order valence-corrected chi connectivity index (χ1v) is 9.84. The predicted octanol–water partition coefficient (Wildman–Crippen LogP) is 3.26. The van der Waals surface area contributed by atoms with Gasteiger partial charge in [0.1, 0.15) is 6.54 Å². The van der Waals surface area contributed by atoms with Crippen LogP contribution >= 0.6 is 0 Å². The van der Waals surface area contributed by atoms with Crippen molar-refractivity contribution in [2.75, 3.05) is 20.3 Å². The highest BCUT2D eigenvalue weighted by Gasteiger charge is 2.32. The zero-order valence-electron chi connectivity index (χ0n) is 16.7. The number of para-hydroxylation sites is 1. The van der Waals surface area contributed by atoms with Gasteiger partial charge < -0.3 is 14.6 Å². The molecule has 6 nitrogen and oxygen atoms in total. The fourth-order valence-corrected chi connectivity index (χ4v) is 3.73. The van der Waals surface area contributed by atoms with Gasteiger partial charge in [0.25, 0.3) is 0 Å². The molecule has 3 aromatic rings. The minimum Gasteiger partial charge on any atom is -0.385 e. The number of carbonyl (C=O) groups is 3. The lowest BCUT2D eigenvalue weighted by Gasteiger charge is -2.07. The molecule has 6 heteroatoms. The van der Waals surface area contributed by atoms with Gasteiger partial charge in [0.2, 0.25) is 5.91 Å². The van der Waals surface area contributed by atoms with Crippen molar-refractivity contribution in [1.29, 1.82) is 0 Å². The summed E-state index contributed by atoms with van der Waals surface area (Å²) >= 11 is 0. The minimum absolute atomic E-state index is 0.105. The van der Waals surface area contributed by atoms with Crippen molar-refractivity contribution in [1.82, 2.24) is 9.88 Å². The first-order valence-electron chi connectivity index (χ1n) is 9.84. The Morgan fingerprint density at radius 2 is 1.70 bits per heavy atom. The molecule has 0 fully saturated rings. The molecule has 1 aliphatic rings. The van der Waals surface area contributed by atoms with Gasteiger partial charge in [-0.25, -0.2) is 0 Å². The van der Waals surface area contributed by atoms with Gasteiger partial charge in [-0.3, -0.25) is 14.4 Å². The molecule has 1 amide bonds. The van der Waals surface area contributed by atoms with Gasteiger partial charge in [-0.15, -0.1) is 0 Å². The van der Waals surface area contributed by atoms with E-state index in [0.29, 0.717) is 24.3 Å². The summed E-state index contributed by atoms with van der Waals surface area (Å²) in [5.41, 5.74) is 2.64. The molecule has 0 bridgehead atoms. The second-order valence-electron chi connectivity index (χ2n) is 7.19. The van der Waals surface area contributed by atoms with E-state index in [-0.39, 0.29) is 29.6 Å². The molecule has 0 aliphatic heterocycles. The highest BCUT2D eigenvalue weighted by Crippen LogP contribution is 2.30. The lowest BCUT2D eigenvalue weighted by atomic mass is 10.1. The minimum atomic E-state index is -0.261. The van der Waals surface area contributed by atoms with E-state index in [1.165, 1.54) is 0 Å². The maximum absolute atomic E-state index is 12.7. The predicted molar refractivity (Wildman–Crippen MR) is 115 cm³/mol. The van der Waals surface area contributed by atoms with E-state index in [0.717, 1.165) is 22.9 Å². The molecule has 1 N–H and O–H groups in total. The third-order valence-electron chi connectivity index (χ3n) is 5.19. The Balaban J connectivity index is 1.63. The molecule has 0 saturated heterocycles. The number of carbonyl (C=O) groups excluding carboxylic acids is 3. The van der Waals surface area contributed by atoms with Crippen LogP contribution in [0.3, 0.4) is 0 Å². The number of nitrogens with one attached hydrogen (secondary N) is 1. The van der Waals surface area contributed by atoms with E-state index in [2.05, 4.69) is 5.32 Å². The number of allylic oxidation sites excluding steroid dienone is 1. The van der Waals surface area contributed by atoms with Crippen molar-refractivity contribution in [2.24, 2.45) is 0 Å². The standard InChI is InChI=1S/C24H22N2O4/c1-30-12-6-11-25-22(27)15-26-14-16(17-7-4-5-10-21(17)26)13-20-23(28)18-8-2-3-9-19(18)24(20)29/h2-5,7-10,13-14H,6,11-12,15H2,1H3,(H,25,27). The summed E-state index contributed by atoms with van der Waals surface area (Å²) in [5.74, 6) is -0.627. The molecule has 4 rings (SSSR count). The largest absolute Gasteiger partial charge is 0.385 e. The zero-order chi connectivity index (χ0) is 21.1. The number of benzene rings is 2. The Kier molecular flexibility index (Phi) is 5.59. The smallest absolute Gasteiger partial charge is 0.239 e. The summed E-state index contributed by atoms with van der Waals surface area (Å²) < 4.78 is 6.83. The normalized spacial score (nSPS) is 13.0. The van der Waals surface area contributed by atoms with Crippen molar-refractivity contribution in [3.8, 4) is 0 Å². The van der Waals surface area contributed by atoms with Crippen LogP contribution in [0.1, 0.15) is 32.7 Å². The average Bonchev–Trinajstić information content (AvgIpc) is 3.22. The average molecular weight is 402 g/mol. The van der Waals surface area contributed by atoms with Crippen molar-refractivity contribution in [3.05, 3.63) is 77.0 Å². The molecule has 1 heterocycles. The van der Waals surface area contributed by atoms with E-state index in [1.54, 1.807) is 37.5 Å². The number of fused-ring (bicyclic) bond motifs is 2. The van der Waals surface area contributed by atoms with Gasteiger partial charge >= 0.3 is 0 Å². The number of nitrogens with zero attached hydrogens (tertiary/aromatic N) is 1. The molecular formula is C24H22N2O4. The van der Waals surface area contributed by atoms with Crippen LogP contribution in [0, 0.1) is 0 Å². The van der Waals surface area contributed by atoms with Crippen LogP contribution in [0.15, 0.2) is 60.3 Å². The van der Waals surface area contributed by atoms with Crippen LogP contribution in [0.25, 0.3) is 17.0 Å². The number of hydrogen-bond acceptors (Lipinski definition) is 4. The lowest BCUT2D eigenvalue weighted by molar-refractivity contribution is -0.121. The van der Waals surface area contributed by atoms with E-state index < -0.39 is 0 Å². The van der Waals surface area contributed by atoms with Gasteiger partial charge in [-0.1, -0.05) is 42.5 Å². The Labute approximate surface area is 174 Å². The molecule has 0 saturated carbocycles. The van der Waals surface area contributed by atoms with Crippen molar-refractivity contribution in [3.63, 3.8) is 0 Å². The molecule has 1 aromatic heterocycles. The highest BCUT2D eigenvalue weighted by atomic mass is 16.5. The summed E-state index contributed by atoms with van der Waals surface area (Å²) in [5, 5.41) is 3.76. The molecular weight excluding hydrogens is 380 g/mol. The monoisotopic (exact) mass is 402 g/mol. The van der Waals surface area contributed by atoms with Crippen LogP contribution in [0.2, 0.25) is 0 Å². The van der Waals surface area contributed by atoms with Gasteiger partial charge in [0, 0.05) is 54.1 Å². The number of rotatable bonds is 7. The highest BCUT2D eigenvalue weighted by molar-refractivity contribution is 6.41. The molecule has 0 unspecified atom stereocenters. The second kappa shape index (κ2) is 8.47. The maximum Gasteiger partial charge on any atom is 0.239 e. The van der Waals surface area contributed by atoms with Gasteiger partial charge in [-0.05, 0) is 18.6 Å². The zero-order valence-corrected chi connectivity index (χ0v) is 16.7. The van der Waals surface area contributed by atoms with E-state index in [1.807, 2.05) is 35.0 Å². The van der Waals surface area contributed by atoms with E-state index >= 15 is 0 Å². The Hall–Kier alpha value is -3.51. The number of ether oxygens (including phenoxy) is 1. The fraction of sp³-hybridized carbons (Fsp3) is 0.208. The fourth-order valence-electron chi connectivity index (χ4n) is 3.73. The van der Waals surface area contributed by atoms with Crippen LogP contribution in [0.5, 0.6) is 0 Å². The third kappa shape index (κ3) is 3.69. The molecule has 30 heavy (non-hydrogen) atoms. The lowest BCUT2D eigenvalue weighted by Crippen LogP contribution is -2.28. The first-order chi connectivity index (χ1) is 14.6. The number of methoxy groups -OCH3 is 1. The molecule has 2 aromatic carbocycles. The summed E-state index contributed by atoms with van der Waals surface area (Å²) in [6, 6.07) is 14.5. The molecule has 152 valence electrons. The van der Waals surface area contributed by atoms with Gasteiger partial charge in [0.15, 0.2) is 11.6 Å². The number of aromatic nitrogens is 1. The summed E-state index contributed by atoms with van der Waals surface area (Å²) in [6.45, 7) is 1.29. The summed E-state index contributed by atoms with van der Waals surface area (Å²) in [7, 11) is 1.63. The SMILES string of the molecule is COCCCNC(=O)Cn1cc(C=C2C(=O)c3ccccc3C2=O)c2ccccc21. The first kappa shape index (κ1) is 19.8. The second-order valence-corrected chi connectivity index (χ2v) is 7.19. The third-order valence-corrected chi connectivity index (χ3v) is 5.19. The van der Waals surface area contributed by atoms with Gasteiger partial charge in [-0.2, -0.15) is 0 Å². The van der Waals surface area contributed by atoms with Gasteiger partial charge in [0.05, 0.1) is 5.57 Å². The number of hydrogen-bond donors (Lipinski definition) is 1. The number of amides is 1. The quantitative estimate of drug-likeness (QED) is 0.374. The number of ketones is 2.